The molecule has 7 heteroatoms. The van der Waals surface area contributed by atoms with Crippen LogP contribution in [0.25, 0.3) is 15.5 Å². The molecule has 3 aromatic rings. The quantitative estimate of drug-likeness (QED) is 0.422. The molecule has 3 rings (SSSR count). The zero-order valence-electron chi connectivity index (χ0n) is 11.5. The van der Waals surface area contributed by atoms with Gasteiger partial charge in [-0.05, 0) is 0 Å². The van der Waals surface area contributed by atoms with Crippen molar-refractivity contribution in [2.24, 2.45) is 0 Å². The van der Waals surface area contributed by atoms with Crippen molar-refractivity contribution in [2.45, 2.75) is 33.2 Å². The van der Waals surface area contributed by atoms with Crippen LogP contribution in [0.15, 0.2) is 24.5 Å². The van der Waals surface area contributed by atoms with Gasteiger partial charge in [0.1, 0.15) is 11.6 Å². The van der Waals surface area contributed by atoms with Crippen molar-refractivity contribution in [2.75, 3.05) is 0 Å². The molecule has 0 atom stereocenters. The van der Waals surface area contributed by atoms with Gasteiger partial charge in [0, 0.05) is 30.5 Å². The van der Waals surface area contributed by atoms with Crippen molar-refractivity contribution < 1.29 is 28.5 Å². The maximum atomic E-state index is 4.59. The Bertz CT molecular complexity index is 688. The summed E-state index contributed by atoms with van der Waals surface area (Å²) in [6, 6.07) is 4.21. The summed E-state index contributed by atoms with van der Waals surface area (Å²) in [6.07, 6.45) is 6.18. The standard InChI is InChI=1S/C13H16N5S.HI/c1-3-7-17-8-5-10(6-9-17)12-16-18-11(4-2)14-15-13(18)19-12;/h5-6,8-9H,3-4,7H2,1-2H3;1H/q+1;/p-1. The predicted octanol–water partition coefficient (Wildman–Crippen LogP) is -0.883. The highest BCUT2D eigenvalue weighted by Gasteiger charge is 2.12. The molecular formula is C13H16IN5S. The lowest BCUT2D eigenvalue weighted by Crippen LogP contribution is -3.00. The van der Waals surface area contributed by atoms with Gasteiger partial charge in [-0.15, -0.1) is 10.2 Å². The van der Waals surface area contributed by atoms with Gasteiger partial charge in [-0.3, -0.25) is 0 Å². The van der Waals surface area contributed by atoms with E-state index in [1.54, 1.807) is 11.3 Å². The van der Waals surface area contributed by atoms with Gasteiger partial charge < -0.3 is 24.0 Å². The van der Waals surface area contributed by atoms with Crippen molar-refractivity contribution >= 4 is 16.3 Å². The van der Waals surface area contributed by atoms with Crippen molar-refractivity contribution in [3.63, 3.8) is 0 Å². The molecule has 0 spiro atoms. The van der Waals surface area contributed by atoms with Crippen LogP contribution in [0.2, 0.25) is 0 Å². The Kier molecular flexibility index (Phi) is 5.03. The second-order valence-corrected chi connectivity index (χ2v) is 5.35. The topological polar surface area (TPSA) is 47.0 Å². The van der Waals surface area contributed by atoms with Crippen LogP contribution in [0.4, 0.5) is 0 Å². The van der Waals surface area contributed by atoms with Crippen LogP contribution in [-0.2, 0) is 13.0 Å². The van der Waals surface area contributed by atoms with E-state index in [1.807, 2.05) is 4.52 Å². The lowest BCUT2D eigenvalue weighted by atomic mass is 10.3. The van der Waals surface area contributed by atoms with Crippen molar-refractivity contribution in [1.82, 2.24) is 19.8 Å². The molecule has 0 saturated carbocycles. The molecule has 3 aromatic heterocycles. The van der Waals surface area contributed by atoms with E-state index in [9.17, 15) is 0 Å². The van der Waals surface area contributed by atoms with Crippen molar-refractivity contribution in [3.8, 4) is 10.6 Å². The molecule has 20 heavy (non-hydrogen) atoms. The zero-order chi connectivity index (χ0) is 13.2. The van der Waals surface area contributed by atoms with Gasteiger partial charge in [-0.25, -0.2) is 4.57 Å². The smallest absolute Gasteiger partial charge is 0.234 e. The third-order valence-electron chi connectivity index (χ3n) is 2.99. The third-order valence-corrected chi connectivity index (χ3v) is 3.94. The Morgan fingerprint density at radius 2 is 1.95 bits per heavy atom. The van der Waals surface area contributed by atoms with Crippen LogP contribution >= 0.6 is 11.3 Å². The molecule has 0 unspecified atom stereocenters. The number of aromatic nitrogens is 5. The first-order valence-electron chi connectivity index (χ1n) is 6.52. The first kappa shape index (κ1) is 15.3. The maximum Gasteiger partial charge on any atom is 0.234 e. The average molecular weight is 401 g/mol. The molecule has 0 amide bonds. The van der Waals surface area contributed by atoms with Gasteiger partial charge in [0.25, 0.3) is 0 Å². The number of hydrogen-bond acceptors (Lipinski definition) is 4. The van der Waals surface area contributed by atoms with E-state index < -0.39 is 0 Å². The molecule has 106 valence electrons. The van der Waals surface area contributed by atoms with E-state index in [2.05, 4.69) is 58.2 Å². The zero-order valence-corrected chi connectivity index (χ0v) is 14.4. The monoisotopic (exact) mass is 401 g/mol. The first-order chi connectivity index (χ1) is 9.31. The van der Waals surface area contributed by atoms with Crippen LogP contribution in [0.3, 0.4) is 0 Å². The summed E-state index contributed by atoms with van der Waals surface area (Å²) in [5, 5.41) is 13.8. The molecule has 5 nitrogen and oxygen atoms in total. The molecule has 0 aliphatic heterocycles. The lowest BCUT2D eigenvalue weighted by Gasteiger charge is -1.95. The van der Waals surface area contributed by atoms with E-state index in [4.69, 9.17) is 0 Å². The first-order valence-corrected chi connectivity index (χ1v) is 7.34. The molecule has 0 fully saturated rings. The van der Waals surface area contributed by atoms with Gasteiger partial charge in [0.2, 0.25) is 4.96 Å². The van der Waals surface area contributed by atoms with Crippen LogP contribution < -0.4 is 28.5 Å². The number of rotatable bonds is 4. The van der Waals surface area contributed by atoms with Gasteiger partial charge in [-0.2, -0.15) is 9.61 Å². The van der Waals surface area contributed by atoms with E-state index in [1.165, 1.54) is 0 Å². The molecular weight excluding hydrogens is 385 g/mol. The number of fused-ring (bicyclic) bond motifs is 1. The fourth-order valence-corrected chi connectivity index (χ4v) is 2.87. The van der Waals surface area contributed by atoms with Gasteiger partial charge in [0.15, 0.2) is 18.2 Å². The number of aryl methyl sites for hydroxylation is 2. The highest BCUT2D eigenvalue weighted by atomic mass is 127. The van der Waals surface area contributed by atoms with Gasteiger partial charge in [-0.1, -0.05) is 25.2 Å². The normalized spacial score (nSPS) is 10.7. The van der Waals surface area contributed by atoms with Crippen molar-refractivity contribution in [3.05, 3.63) is 30.4 Å². The van der Waals surface area contributed by atoms with Crippen LogP contribution in [0, 0.1) is 0 Å². The SMILES string of the molecule is CCC[n+]1ccc(-c2nn3c(CC)nnc3s2)cc1.[I-]. The maximum absolute atomic E-state index is 4.59. The number of hydrogen-bond donors (Lipinski definition) is 0. The van der Waals surface area contributed by atoms with Crippen LogP contribution in [0.1, 0.15) is 26.1 Å². The molecule has 0 aromatic carbocycles. The fraction of sp³-hybridized carbons (Fsp3) is 0.385. The molecule has 0 radical (unpaired) electrons. The number of pyridine rings is 1. The van der Waals surface area contributed by atoms with Crippen LogP contribution in [-0.4, -0.2) is 19.8 Å². The molecule has 3 heterocycles. The highest BCUT2D eigenvalue weighted by molar-refractivity contribution is 7.19. The van der Waals surface area contributed by atoms with Crippen LogP contribution in [0.5, 0.6) is 0 Å². The summed E-state index contributed by atoms with van der Waals surface area (Å²) < 4.78 is 4.02. The molecule has 0 bridgehead atoms. The van der Waals surface area contributed by atoms with Gasteiger partial charge >= 0.3 is 0 Å². The summed E-state index contributed by atoms with van der Waals surface area (Å²) in [5.74, 6) is 0.912. The van der Waals surface area contributed by atoms with Crippen molar-refractivity contribution in [1.29, 1.82) is 0 Å². The molecule has 0 saturated heterocycles. The summed E-state index contributed by atoms with van der Waals surface area (Å²) in [6.45, 7) is 5.28. The van der Waals surface area contributed by atoms with Gasteiger partial charge in [0.05, 0.1) is 0 Å². The second-order valence-electron chi connectivity index (χ2n) is 4.40. The Hall–Kier alpha value is -1.09. The minimum absolute atomic E-state index is 0. The number of nitrogens with zero attached hydrogens (tertiary/aromatic N) is 5. The summed E-state index contributed by atoms with van der Waals surface area (Å²) >= 11 is 1.57. The largest absolute Gasteiger partial charge is 1.00 e. The highest BCUT2D eigenvalue weighted by Crippen LogP contribution is 2.24. The minimum Gasteiger partial charge on any atom is -1.00 e. The van der Waals surface area contributed by atoms with E-state index >= 15 is 0 Å². The van der Waals surface area contributed by atoms with E-state index in [0.29, 0.717) is 0 Å². The molecule has 0 N–H and O–H groups in total. The summed E-state index contributed by atoms with van der Waals surface area (Å²) in [4.78, 5) is 0.858. The third kappa shape index (κ3) is 2.83. The Balaban J connectivity index is 0.00000147. The Labute approximate surface area is 138 Å². The molecule has 0 aliphatic rings. The fourth-order valence-electron chi connectivity index (χ4n) is 2.00. The predicted molar refractivity (Wildman–Crippen MR) is 74.0 cm³/mol. The summed E-state index contributed by atoms with van der Waals surface area (Å²) in [7, 11) is 0. The second kappa shape index (κ2) is 6.57. The van der Waals surface area contributed by atoms with E-state index in [0.717, 1.165) is 40.7 Å². The lowest BCUT2D eigenvalue weighted by molar-refractivity contribution is -0.696. The van der Waals surface area contributed by atoms with E-state index in [-0.39, 0.29) is 24.0 Å². The Morgan fingerprint density at radius 3 is 2.60 bits per heavy atom. The number of halogens is 1. The summed E-state index contributed by atoms with van der Waals surface area (Å²) in [5.41, 5.74) is 1.13. The minimum atomic E-state index is 0. The average Bonchev–Trinajstić information content (AvgIpc) is 2.99. The Morgan fingerprint density at radius 1 is 1.20 bits per heavy atom. The molecule has 0 aliphatic carbocycles.